The van der Waals surface area contributed by atoms with E-state index in [4.69, 9.17) is 0 Å². The summed E-state index contributed by atoms with van der Waals surface area (Å²) >= 11 is 0. The maximum atomic E-state index is 12.0. The molecule has 0 aliphatic carbocycles. The van der Waals surface area contributed by atoms with Gasteiger partial charge in [-0.3, -0.25) is 0 Å². The van der Waals surface area contributed by atoms with Crippen LogP contribution >= 0.6 is 0 Å². The van der Waals surface area contributed by atoms with Crippen LogP contribution in [0.3, 0.4) is 0 Å². The monoisotopic (exact) mass is 291 g/mol. The van der Waals surface area contributed by atoms with Crippen molar-refractivity contribution in [2.75, 3.05) is 0 Å². The second kappa shape index (κ2) is 6.43. The fraction of sp³-hybridized carbons (Fsp3) is 0.538. The van der Waals surface area contributed by atoms with Crippen LogP contribution in [-0.4, -0.2) is 15.6 Å². The van der Waals surface area contributed by atoms with Crippen LogP contribution in [-0.2, 0) is 11.0 Å². The van der Waals surface area contributed by atoms with Gasteiger partial charge in [0.1, 0.15) is 5.75 Å². The molecular formula is C13H19F2NO2S. The van der Waals surface area contributed by atoms with E-state index in [1.165, 1.54) is 12.1 Å². The number of alkyl halides is 2. The summed E-state index contributed by atoms with van der Waals surface area (Å²) in [6.07, 6.45) is 0. The predicted molar refractivity (Wildman–Crippen MR) is 72.5 cm³/mol. The summed E-state index contributed by atoms with van der Waals surface area (Å²) < 4.78 is 42.8. The second-order valence-corrected chi connectivity index (χ2v) is 7.17. The van der Waals surface area contributed by atoms with Crippen LogP contribution in [0.15, 0.2) is 24.3 Å². The zero-order valence-electron chi connectivity index (χ0n) is 11.4. The number of hydrogen-bond acceptors (Lipinski definition) is 2. The summed E-state index contributed by atoms with van der Waals surface area (Å²) in [6, 6.07) is 6.16. The van der Waals surface area contributed by atoms with Crippen molar-refractivity contribution in [2.24, 2.45) is 0 Å². The first-order chi connectivity index (χ1) is 8.70. The van der Waals surface area contributed by atoms with E-state index >= 15 is 0 Å². The molecule has 3 nitrogen and oxygen atoms in total. The zero-order chi connectivity index (χ0) is 14.6. The Bertz CT molecular complexity index is 429. The first kappa shape index (κ1) is 16.0. The molecule has 19 heavy (non-hydrogen) atoms. The number of ether oxygens (including phenoxy) is 1. The summed E-state index contributed by atoms with van der Waals surface area (Å²) in [4.78, 5) is 0. The largest absolute Gasteiger partial charge is 0.435 e. The van der Waals surface area contributed by atoms with Gasteiger partial charge in [-0.2, -0.15) is 8.78 Å². The van der Waals surface area contributed by atoms with E-state index in [9.17, 15) is 13.0 Å². The van der Waals surface area contributed by atoms with E-state index < -0.39 is 17.6 Å². The molecule has 1 aromatic carbocycles. The third kappa shape index (κ3) is 5.24. The molecule has 0 saturated carbocycles. The zero-order valence-corrected chi connectivity index (χ0v) is 12.3. The number of nitrogens with one attached hydrogen (secondary N) is 1. The number of rotatable bonds is 5. The Morgan fingerprint density at radius 1 is 1.21 bits per heavy atom. The van der Waals surface area contributed by atoms with Crippen LogP contribution in [0.1, 0.15) is 39.3 Å². The van der Waals surface area contributed by atoms with Gasteiger partial charge >= 0.3 is 6.61 Å². The van der Waals surface area contributed by atoms with Crippen LogP contribution in [0.2, 0.25) is 0 Å². The third-order valence-electron chi connectivity index (χ3n) is 2.45. The molecule has 0 bridgehead atoms. The number of benzene rings is 1. The van der Waals surface area contributed by atoms with Crippen molar-refractivity contribution in [1.82, 2.24) is 4.72 Å². The molecule has 0 amide bonds. The molecule has 1 aromatic rings. The smallest absolute Gasteiger partial charge is 0.387 e. The van der Waals surface area contributed by atoms with E-state index in [2.05, 4.69) is 9.46 Å². The first-order valence-electron chi connectivity index (χ1n) is 5.93. The molecule has 0 radical (unpaired) electrons. The van der Waals surface area contributed by atoms with E-state index in [0.717, 1.165) is 5.56 Å². The van der Waals surface area contributed by atoms with Gasteiger partial charge in [0, 0.05) is 6.04 Å². The Kier molecular flexibility index (Phi) is 5.43. The molecule has 0 spiro atoms. The Morgan fingerprint density at radius 2 is 1.74 bits per heavy atom. The van der Waals surface area contributed by atoms with Crippen molar-refractivity contribution in [2.45, 2.75) is 45.1 Å². The van der Waals surface area contributed by atoms with E-state index in [-0.39, 0.29) is 16.5 Å². The minimum absolute atomic E-state index is 0.114. The fourth-order valence-corrected chi connectivity index (χ4v) is 2.15. The van der Waals surface area contributed by atoms with Crippen molar-refractivity contribution in [3.8, 4) is 5.75 Å². The van der Waals surface area contributed by atoms with E-state index in [1.807, 2.05) is 27.7 Å². The summed E-state index contributed by atoms with van der Waals surface area (Å²) in [5.41, 5.74) is 0.860. The first-order valence-corrected chi connectivity index (χ1v) is 7.08. The van der Waals surface area contributed by atoms with Crippen LogP contribution in [0.5, 0.6) is 5.75 Å². The van der Waals surface area contributed by atoms with E-state index in [1.54, 1.807) is 12.1 Å². The van der Waals surface area contributed by atoms with Gasteiger partial charge in [-0.15, -0.1) is 0 Å². The molecule has 1 N–H and O–H groups in total. The normalized spacial score (nSPS) is 15.3. The Hall–Kier alpha value is -1.01. The molecule has 0 aromatic heterocycles. The van der Waals surface area contributed by atoms with Crippen molar-refractivity contribution in [3.05, 3.63) is 29.8 Å². The highest BCUT2D eigenvalue weighted by Gasteiger charge is 2.21. The maximum absolute atomic E-state index is 12.0. The molecular weight excluding hydrogens is 272 g/mol. The number of halogens is 2. The minimum atomic E-state index is -2.82. The van der Waals surface area contributed by atoms with Gasteiger partial charge in [-0.1, -0.05) is 12.1 Å². The SMILES string of the molecule is CC(NS(=O)C(C)(C)C)c1ccc(OC(F)F)cc1. The van der Waals surface area contributed by atoms with Gasteiger partial charge in [0.2, 0.25) is 0 Å². The molecule has 0 heterocycles. The average molecular weight is 291 g/mol. The Labute approximate surface area is 114 Å². The molecule has 2 unspecified atom stereocenters. The van der Waals surface area contributed by atoms with Crippen LogP contribution < -0.4 is 9.46 Å². The molecule has 0 fully saturated rings. The lowest BCUT2D eigenvalue weighted by Crippen LogP contribution is -2.34. The highest BCUT2D eigenvalue weighted by molar-refractivity contribution is 7.84. The lowest BCUT2D eigenvalue weighted by Gasteiger charge is -2.22. The highest BCUT2D eigenvalue weighted by atomic mass is 32.2. The third-order valence-corrected chi connectivity index (χ3v) is 4.13. The molecule has 0 aliphatic heterocycles. The number of hydrogen-bond donors (Lipinski definition) is 1. The standard InChI is InChI=1S/C13H19F2NO2S/c1-9(16-19(17)13(2,3)4)10-5-7-11(8-6-10)18-12(14)15/h5-9,12,16H,1-4H3. The van der Waals surface area contributed by atoms with Crippen molar-refractivity contribution >= 4 is 11.0 Å². The molecule has 0 saturated heterocycles. The molecule has 2 atom stereocenters. The quantitative estimate of drug-likeness (QED) is 0.903. The summed E-state index contributed by atoms with van der Waals surface area (Å²) in [5, 5.41) is 0. The van der Waals surface area contributed by atoms with Crippen LogP contribution in [0.4, 0.5) is 8.78 Å². The maximum Gasteiger partial charge on any atom is 0.387 e. The lowest BCUT2D eigenvalue weighted by molar-refractivity contribution is -0.0498. The minimum Gasteiger partial charge on any atom is -0.435 e. The Morgan fingerprint density at radius 3 is 2.16 bits per heavy atom. The highest BCUT2D eigenvalue weighted by Crippen LogP contribution is 2.20. The average Bonchev–Trinajstić information content (AvgIpc) is 2.27. The van der Waals surface area contributed by atoms with Crippen LogP contribution in [0, 0.1) is 0 Å². The molecule has 1 rings (SSSR count). The molecule has 108 valence electrons. The molecule has 0 aliphatic rings. The van der Waals surface area contributed by atoms with Gasteiger partial charge in [-0.25, -0.2) is 8.93 Å². The summed E-state index contributed by atoms with van der Waals surface area (Å²) in [7, 11) is -1.18. The topological polar surface area (TPSA) is 38.3 Å². The Balaban J connectivity index is 2.68. The lowest BCUT2D eigenvalue weighted by atomic mass is 10.1. The van der Waals surface area contributed by atoms with Crippen LogP contribution in [0.25, 0.3) is 0 Å². The van der Waals surface area contributed by atoms with Gasteiger partial charge in [0.25, 0.3) is 0 Å². The summed E-state index contributed by atoms with van der Waals surface area (Å²) in [6.45, 7) is 4.68. The van der Waals surface area contributed by atoms with Crippen molar-refractivity contribution in [3.63, 3.8) is 0 Å². The van der Waals surface area contributed by atoms with E-state index in [0.29, 0.717) is 0 Å². The fourth-order valence-electron chi connectivity index (χ4n) is 1.34. The van der Waals surface area contributed by atoms with Gasteiger partial charge < -0.3 is 4.74 Å². The van der Waals surface area contributed by atoms with Crippen molar-refractivity contribution in [1.29, 1.82) is 0 Å². The van der Waals surface area contributed by atoms with Gasteiger partial charge in [-0.05, 0) is 45.4 Å². The summed E-state index contributed by atoms with van der Waals surface area (Å²) in [5.74, 6) is 0.114. The predicted octanol–water partition coefficient (Wildman–Crippen LogP) is 3.40. The van der Waals surface area contributed by atoms with Crippen molar-refractivity contribution < 1.29 is 17.7 Å². The van der Waals surface area contributed by atoms with Gasteiger partial charge in [0.05, 0.1) is 15.7 Å². The molecule has 6 heteroatoms. The second-order valence-electron chi connectivity index (χ2n) is 5.17. The van der Waals surface area contributed by atoms with Gasteiger partial charge in [0.15, 0.2) is 0 Å².